The number of benzene rings is 2. The van der Waals surface area contributed by atoms with E-state index in [1.807, 2.05) is 0 Å². The van der Waals surface area contributed by atoms with E-state index in [1.165, 1.54) is 23.8 Å². The molecule has 2 aromatic carbocycles. The van der Waals surface area contributed by atoms with Crippen molar-refractivity contribution in [2.24, 2.45) is 0 Å². The normalized spacial score (nSPS) is 15.2. The first kappa shape index (κ1) is 20.2. The first-order valence-corrected chi connectivity index (χ1v) is 9.55. The first-order chi connectivity index (χ1) is 13.4. The Labute approximate surface area is 175 Å². The van der Waals surface area contributed by atoms with Crippen LogP contribution < -0.4 is 14.4 Å². The van der Waals surface area contributed by atoms with E-state index in [1.54, 1.807) is 48.5 Å². The van der Waals surface area contributed by atoms with Gasteiger partial charge in [0, 0.05) is 5.02 Å². The maximum atomic E-state index is 12.8. The number of amides is 1. The van der Waals surface area contributed by atoms with Crippen LogP contribution in [0.5, 0.6) is 11.5 Å². The van der Waals surface area contributed by atoms with Gasteiger partial charge in [0.05, 0.1) is 17.7 Å². The molecule has 28 heavy (non-hydrogen) atoms. The Kier molecular flexibility index (Phi) is 6.23. The minimum Gasteiger partial charge on any atom is -0.493 e. The van der Waals surface area contributed by atoms with Gasteiger partial charge < -0.3 is 14.6 Å². The lowest BCUT2D eigenvalue weighted by atomic mass is 10.2. The summed E-state index contributed by atoms with van der Waals surface area (Å²) in [5, 5.41) is 9.30. The highest BCUT2D eigenvalue weighted by molar-refractivity contribution is 8.27. The number of halogens is 1. The number of thiocarbonyl (C=S) groups is 1. The summed E-state index contributed by atoms with van der Waals surface area (Å²) in [5.41, 5.74) is 1.33. The Bertz CT molecular complexity index is 975. The van der Waals surface area contributed by atoms with Crippen molar-refractivity contribution in [3.05, 3.63) is 58.0 Å². The Hall–Kier alpha value is -2.55. The number of nitrogens with zero attached hydrogens (tertiary/aromatic N) is 1. The van der Waals surface area contributed by atoms with Gasteiger partial charge in [0.1, 0.15) is 0 Å². The minimum absolute atomic E-state index is 0.234. The predicted molar refractivity (Wildman–Crippen MR) is 113 cm³/mol. The number of carbonyl (C=O) groups excluding carboxylic acids is 1. The molecule has 0 unspecified atom stereocenters. The smallest absolute Gasteiger partial charge is 0.341 e. The zero-order chi connectivity index (χ0) is 20.3. The summed E-state index contributed by atoms with van der Waals surface area (Å²) in [6.45, 7) is -0.477. The molecule has 2 aromatic rings. The van der Waals surface area contributed by atoms with Gasteiger partial charge in [-0.25, -0.2) is 4.79 Å². The topological polar surface area (TPSA) is 76.1 Å². The third kappa shape index (κ3) is 4.46. The quantitative estimate of drug-likeness (QED) is 0.537. The largest absolute Gasteiger partial charge is 0.493 e. The summed E-state index contributed by atoms with van der Waals surface area (Å²) in [5.74, 6) is -0.654. The molecular weight excluding hydrogens is 422 g/mol. The number of rotatable bonds is 6. The number of carboxylic acids is 1. The van der Waals surface area contributed by atoms with Crippen molar-refractivity contribution < 1.29 is 24.2 Å². The van der Waals surface area contributed by atoms with Gasteiger partial charge in [0.25, 0.3) is 5.91 Å². The number of carboxylic acid groups (broad SMARTS) is 1. The molecule has 9 heteroatoms. The molecule has 0 aromatic heterocycles. The molecule has 144 valence electrons. The molecule has 0 spiro atoms. The molecule has 1 N–H and O–H groups in total. The molecule has 1 fully saturated rings. The van der Waals surface area contributed by atoms with Crippen LogP contribution in [0.4, 0.5) is 5.69 Å². The second-order valence-corrected chi connectivity index (χ2v) is 7.70. The summed E-state index contributed by atoms with van der Waals surface area (Å²) in [6.07, 6.45) is 1.69. The van der Waals surface area contributed by atoms with Crippen molar-refractivity contribution >= 4 is 63.5 Å². The van der Waals surface area contributed by atoms with E-state index >= 15 is 0 Å². The summed E-state index contributed by atoms with van der Waals surface area (Å²) in [7, 11) is 1.45. The van der Waals surface area contributed by atoms with Crippen LogP contribution in [-0.4, -0.2) is 35.0 Å². The number of carbonyl (C=O) groups is 2. The third-order valence-corrected chi connectivity index (χ3v) is 5.27. The monoisotopic (exact) mass is 435 g/mol. The van der Waals surface area contributed by atoms with Crippen LogP contribution in [0.2, 0.25) is 5.02 Å². The minimum atomic E-state index is -1.09. The lowest BCUT2D eigenvalue weighted by Gasteiger charge is -2.14. The number of hydrogen-bond acceptors (Lipinski definition) is 6. The lowest BCUT2D eigenvalue weighted by Crippen LogP contribution is -2.27. The fraction of sp³-hybridized carbons (Fsp3) is 0.105. The number of hydrogen-bond donors (Lipinski definition) is 1. The van der Waals surface area contributed by atoms with Gasteiger partial charge in [-0.2, -0.15) is 0 Å². The van der Waals surface area contributed by atoms with E-state index in [2.05, 4.69) is 0 Å². The van der Waals surface area contributed by atoms with Gasteiger partial charge >= 0.3 is 5.97 Å². The zero-order valence-corrected chi connectivity index (χ0v) is 16.9. The fourth-order valence-corrected chi connectivity index (χ4v) is 3.89. The van der Waals surface area contributed by atoms with Crippen LogP contribution in [0.3, 0.4) is 0 Å². The maximum absolute atomic E-state index is 12.8. The van der Waals surface area contributed by atoms with Crippen molar-refractivity contribution in [1.29, 1.82) is 0 Å². The molecule has 1 saturated heterocycles. The van der Waals surface area contributed by atoms with E-state index in [0.29, 0.717) is 37.0 Å². The molecule has 0 atom stereocenters. The maximum Gasteiger partial charge on any atom is 0.341 e. The van der Waals surface area contributed by atoms with Crippen LogP contribution in [0.15, 0.2) is 47.4 Å². The summed E-state index contributed by atoms with van der Waals surface area (Å²) in [4.78, 5) is 25.4. The molecule has 0 aliphatic carbocycles. The van der Waals surface area contributed by atoms with Crippen molar-refractivity contribution in [3.63, 3.8) is 0 Å². The van der Waals surface area contributed by atoms with Crippen molar-refractivity contribution in [2.75, 3.05) is 18.6 Å². The highest BCUT2D eigenvalue weighted by Gasteiger charge is 2.33. The van der Waals surface area contributed by atoms with E-state index in [4.69, 9.17) is 38.4 Å². The molecule has 1 aliphatic rings. The van der Waals surface area contributed by atoms with Crippen LogP contribution in [0.25, 0.3) is 6.08 Å². The van der Waals surface area contributed by atoms with Crippen molar-refractivity contribution in [1.82, 2.24) is 0 Å². The molecular formula is C19H14ClNO5S2. The predicted octanol–water partition coefficient (Wildman–Crippen LogP) is 4.22. The lowest BCUT2D eigenvalue weighted by molar-refractivity contribution is -0.139. The van der Waals surface area contributed by atoms with Crippen LogP contribution in [0, 0.1) is 0 Å². The van der Waals surface area contributed by atoms with Gasteiger partial charge in [0.2, 0.25) is 0 Å². The molecule has 0 radical (unpaired) electrons. The standard InChI is InChI=1S/C19H14ClNO5S2/c1-25-15-8-11(2-7-14(15)26-10-17(22)23)9-16-18(24)21(19(27)28-16)13-5-3-12(20)4-6-13/h2-9H,10H2,1H3,(H,22,23)/b16-9-. The highest BCUT2D eigenvalue weighted by atomic mass is 35.5. The van der Waals surface area contributed by atoms with Gasteiger partial charge in [-0.15, -0.1) is 0 Å². The van der Waals surface area contributed by atoms with Crippen molar-refractivity contribution in [2.45, 2.75) is 0 Å². The second kappa shape index (κ2) is 8.64. The molecule has 0 saturated carbocycles. The molecule has 6 nitrogen and oxygen atoms in total. The van der Waals surface area contributed by atoms with Crippen LogP contribution >= 0.6 is 35.6 Å². The summed E-state index contributed by atoms with van der Waals surface area (Å²) in [6, 6.07) is 11.8. The average Bonchev–Trinajstić information content (AvgIpc) is 2.94. The average molecular weight is 436 g/mol. The summed E-state index contributed by atoms with van der Waals surface area (Å²) >= 11 is 12.4. The van der Waals surface area contributed by atoms with Crippen LogP contribution in [-0.2, 0) is 9.59 Å². The van der Waals surface area contributed by atoms with Gasteiger partial charge in [-0.1, -0.05) is 41.6 Å². The van der Waals surface area contributed by atoms with E-state index in [0.717, 1.165) is 0 Å². The number of ether oxygens (including phenoxy) is 2. The van der Waals surface area contributed by atoms with Crippen molar-refractivity contribution in [3.8, 4) is 11.5 Å². The molecule has 0 bridgehead atoms. The van der Waals surface area contributed by atoms with Gasteiger partial charge in [-0.05, 0) is 48.0 Å². The van der Waals surface area contributed by atoms with E-state index in [9.17, 15) is 9.59 Å². The second-order valence-electron chi connectivity index (χ2n) is 5.59. The zero-order valence-electron chi connectivity index (χ0n) is 14.5. The van der Waals surface area contributed by atoms with Gasteiger partial charge in [0.15, 0.2) is 22.4 Å². The fourth-order valence-electron chi connectivity index (χ4n) is 2.46. The number of thioether (sulfide) groups is 1. The Balaban J connectivity index is 1.85. The Morgan fingerprint density at radius 3 is 2.61 bits per heavy atom. The Morgan fingerprint density at radius 2 is 1.96 bits per heavy atom. The first-order valence-electron chi connectivity index (χ1n) is 7.95. The SMILES string of the molecule is COc1cc(/C=C2\SC(=S)N(c3ccc(Cl)cc3)C2=O)ccc1OCC(=O)O. The van der Waals surface area contributed by atoms with Gasteiger partial charge in [-0.3, -0.25) is 9.69 Å². The number of aliphatic carboxylic acids is 1. The molecule has 1 amide bonds. The molecule has 1 aliphatic heterocycles. The molecule has 3 rings (SSSR count). The Morgan fingerprint density at radius 1 is 1.25 bits per heavy atom. The van der Waals surface area contributed by atoms with E-state index in [-0.39, 0.29) is 5.91 Å². The number of anilines is 1. The third-order valence-electron chi connectivity index (χ3n) is 3.72. The van der Waals surface area contributed by atoms with E-state index < -0.39 is 12.6 Å². The highest BCUT2D eigenvalue weighted by Crippen LogP contribution is 2.37. The van der Waals surface area contributed by atoms with Crippen LogP contribution in [0.1, 0.15) is 5.56 Å². The summed E-state index contributed by atoms with van der Waals surface area (Å²) < 4.78 is 10.8. The molecule has 1 heterocycles. The number of methoxy groups -OCH3 is 1.